The Labute approximate surface area is 282 Å². The van der Waals surface area contributed by atoms with Crippen molar-refractivity contribution in [2.24, 2.45) is 5.41 Å². The maximum atomic E-state index is 13.7. The first-order valence-corrected chi connectivity index (χ1v) is 17.1. The Kier molecular flexibility index (Phi) is 12.4. The molecule has 1 saturated heterocycles. The third-order valence-corrected chi connectivity index (χ3v) is 8.38. The van der Waals surface area contributed by atoms with Gasteiger partial charge in [0.05, 0.1) is 42.0 Å². The lowest BCUT2D eigenvalue weighted by Crippen LogP contribution is -2.39. The number of aryl methyl sites for hydroxylation is 1. The average Bonchev–Trinajstić information content (AvgIpc) is 3.00. The van der Waals surface area contributed by atoms with E-state index in [9.17, 15) is 4.79 Å². The quantitative estimate of drug-likeness (QED) is 0.127. The van der Waals surface area contributed by atoms with Crippen LogP contribution in [0.5, 0.6) is 5.75 Å². The van der Waals surface area contributed by atoms with Crippen LogP contribution in [0.3, 0.4) is 0 Å². The van der Waals surface area contributed by atoms with E-state index >= 15 is 0 Å². The van der Waals surface area contributed by atoms with Crippen molar-refractivity contribution in [2.75, 3.05) is 24.6 Å². The number of nitrogens with zero attached hydrogens (tertiary/aromatic N) is 3. The lowest BCUT2D eigenvalue weighted by Gasteiger charge is -2.41. The Morgan fingerprint density at radius 1 is 0.979 bits per heavy atom. The highest BCUT2D eigenvalue weighted by atomic mass is 16.6. The normalized spacial score (nSPS) is 16.2. The standard InChI is InChI=1S/C39H55N3O5/c1-27(2)45-37(43)36(47-38(5,6)7)34-29(4)40-25-32(35(34)42-21-19-39(8,9)20-22-42)33-18-17-31(24-41-33)46-28(3)14-13-23-44-26-30-15-11-10-12-16-30/h10-12,15-18,24-25,27-28,36H,13-14,19-23,26H2,1-9H3. The fourth-order valence-corrected chi connectivity index (χ4v) is 5.80. The first-order valence-electron chi connectivity index (χ1n) is 17.1. The highest BCUT2D eigenvalue weighted by Crippen LogP contribution is 2.43. The first-order chi connectivity index (χ1) is 22.2. The summed E-state index contributed by atoms with van der Waals surface area (Å²) >= 11 is 0. The van der Waals surface area contributed by atoms with Crippen LogP contribution >= 0.6 is 0 Å². The summed E-state index contributed by atoms with van der Waals surface area (Å²) in [5.74, 6) is 0.300. The number of carbonyl (C=O) groups is 1. The minimum absolute atomic E-state index is 0.0187. The summed E-state index contributed by atoms with van der Waals surface area (Å²) in [5, 5.41) is 0. The molecular weight excluding hydrogens is 590 g/mol. The Hall–Kier alpha value is -3.49. The van der Waals surface area contributed by atoms with Crippen molar-refractivity contribution in [3.63, 3.8) is 0 Å². The van der Waals surface area contributed by atoms with E-state index in [-0.39, 0.29) is 17.6 Å². The Morgan fingerprint density at radius 3 is 2.30 bits per heavy atom. The second kappa shape index (κ2) is 16.1. The molecule has 47 heavy (non-hydrogen) atoms. The molecular formula is C39H55N3O5. The van der Waals surface area contributed by atoms with Crippen LogP contribution in [0.25, 0.3) is 11.3 Å². The Balaban J connectivity index is 1.57. The van der Waals surface area contributed by atoms with Gasteiger partial charge in [-0.05, 0) is 97.3 Å². The molecule has 2 aromatic heterocycles. The Bertz CT molecular complexity index is 1420. The predicted molar refractivity (Wildman–Crippen MR) is 188 cm³/mol. The highest BCUT2D eigenvalue weighted by Gasteiger charge is 2.37. The number of anilines is 1. The van der Waals surface area contributed by atoms with Crippen molar-refractivity contribution in [1.82, 2.24) is 9.97 Å². The maximum absolute atomic E-state index is 13.7. The zero-order valence-electron chi connectivity index (χ0n) is 30.0. The van der Waals surface area contributed by atoms with Gasteiger partial charge in [0.2, 0.25) is 0 Å². The molecule has 1 fully saturated rings. The van der Waals surface area contributed by atoms with E-state index in [0.717, 1.165) is 67.0 Å². The number of pyridine rings is 2. The Morgan fingerprint density at radius 2 is 1.68 bits per heavy atom. The predicted octanol–water partition coefficient (Wildman–Crippen LogP) is 8.65. The van der Waals surface area contributed by atoms with Crippen molar-refractivity contribution in [2.45, 2.75) is 119 Å². The van der Waals surface area contributed by atoms with Gasteiger partial charge in [-0.3, -0.25) is 9.97 Å². The number of aromatic nitrogens is 2. The van der Waals surface area contributed by atoms with Crippen molar-refractivity contribution in [3.05, 3.63) is 71.7 Å². The number of esters is 1. The highest BCUT2D eigenvalue weighted by molar-refractivity contribution is 5.86. The van der Waals surface area contributed by atoms with Gasteiger partial charge in [-0.1, -0.05) is 44.2 Å². The summed E-state index contributed by atoms with van der Waals surface area (Å²) in [6.45, 7) is 21.2. The third kappa shape index (κ3) is 10.8. The molecule has 3 aromatic rings. The number of hydrogen-bond acceptors (Lipinski definition) is 8. The third-order valence-electron chi connectivity index (χ3n) is 8.38. The van der Waals surface area contributed by atoms with Crippen LogP contribution in [0.4, 0.5) is 5.69 Å². The summed E-state index contributed by atoms with van der Waals surface area (Å²) in [6.07, 6.45) is 6.30. The van der Waals surface area contributed by atoms with Gasteiger partial charge in [0.25, 0.3) is 0 Å². The van der Waals surface area contributed by atoms with Crippen molar-refractivity contribution in [3.8, 4) is 17.0 Å². The molecule has 0 spiro atoms. The van der Waals surface area contributed by atoms with Gasteiger partial charge in [0, 0.05) is 42.7 Å². The molecule has 0 bridgehead atoms. The van der Waals surface area contributed by atoms with E-state index in [2.05, 4.69) is 37.8 Å². The van der Waals surface area contributed by atoms with Crippen LogP contribution in [0, 0.1) is 12.3 Å². The lowest BCUT2D eigenvalue weighted by atomic mass is 9.82. The molecule has 0 saturated carbocycles. The van der Waals surface area contributed by atoms with E-state index in [4.69, 9.17) is 28.9 Å². The van der Waals surface area contributed by atoms with E-state index in [1.54, 1.807) is 6.20 Å². The van der Waals surface area contributed by atoms with E-state index in [1.807, 2.05) is 78.1 Å². The van der Waals surface area contributed by atoms with Gasteiger partial charge < -0.3 is 23.8 Å². The fraction of sp³-hybridized carbons (Fsp3) is 0.564. The van der Waals surface area contributed by atoms with Crippen LogP contribution < -0.4 is 9.64 Å². The fourth-order valence-electron chi connectivity index (χ4n) is 5.80. The molecule has 2 atom stereocenters. The molecule has 1 aliphatic heterocycles. The molecule has 0 aliphatic carbocycles. The van der Waals surface area contributed by atoms with Crippen LogP contribution in [-0.2, 0) is 25.6 Å². The number of benzene rings is 1. The smallest absolute Gasteiger partial charge is 0.340 e. The van der Waals surface area contributed by atoms with E-state index in [0.29, 0.717) is 19.0 Å². The minimum atomic E-state index is -0.935. The number of carbonyl (C=O) groups excluding carboxylic acids is 1. The summed E-state index contributed by atoms with van der Waals surface area (Å²) < 4.78 is 24.3. The van der Waals surface area contributed by atoms with Gasteiger partial charge >= 0.3 is 5.97 Å². The zero-order chi connectivity index (χ0) is 34.2. The van der Waals surface area contributed by atoms with Crippen LogP contribution in [0.1, 0.15) is 104 Å². The molecule has 1 aromatic carbocycles. The molecule has 3 heterocycles. The van der Waals surface area contributed by atoms with Gasteiger partial charge in [-0.2, -0.15) is 0 Å². The van der Waals surface area contributed by atoms with Crippen LogP contribution in [0.2, 0.25) is 0 Å². The van der Waals surface area contributed by atoms with Gasteiger partial charge in [-0.15, -0.1) is 0 Å². The van der Waals surface area contributed by atoms with Gasteiger partial charge in [0.15, 0.2) is 6.10 Å². The van der Waals surface area contributed by atoms with Crippen LogP contribution in [0.15, 0.2) is 54.9 Å². The van der Waals surface area contributed by atoms with Gasteiger partial charge in [-0.25, -0.2) is 4.79 Å². The molecule has 2 unspecified atom stereocenters. The molecule has 256 valence electrons. The number of piperidine rings is 1. The lowest BCUT2D eigenvalue weighted by molar-refractivity contribution is -0.171. The molecule has 0 N–H and O–H groups in total. The van der Waals surface area contributed by atoms with Crippen LogP contribution in [-0.4, -0.2) is 53.4 Å². The summed E-state index contributed by atoms with van der Waals surface area (Å²) in [5.41, 5.74) is 4.88. The second-order valence-electron chi connectivity index (χ2n) is 14.8. The SMILES string of the molecule is Cc1ncc(-c2ccc(OC(C)CCCOCc3ccccc3)cn2)c(N2CCC(C)(C)CC2)c1C(OC(C)(C)C)C(=O)OC(C)C. The number of hydrogen-bond donors (Lipinski definition) is 0. The van der Waals surface area contributed by atoms with E-state index < -0.39 is 17.7 Å². The van der Waals surface area contributed by atoms with Crippen molar-refractivity contribution >= 4 is 11.7 Å². The maximum Gasteiger partial charge on any atom is 0.340 e. The topological polar surface area (TPSA) is 83.0 Å². The number of ether oxygens (including phenoxy) is 4. The molecule has 8 heteroatoms. The monoisotopic (exact) mass is 645 g/mol. The van der Waals surface area contributed by atoms with Crippen molar-refractivity contribution in [1.29, 1.82) is 0 Å². The molecule has 0 radical (unpaired) electrons. The molecule has 8 nitrogen and oxygen atoms in total. The average molecular weight is 646 g/mol. The summed E-state index contributed by atoms with van der Waals surface area (Å²) in [4.78, 5) is 25.7. The van der Waals surface area contributed by atoms with Crippen molar-refractivity contribution < 1.29 is 23.7 Å². The summed E-state index contributed by atoms with van der Waals surface area (Å²) in [7, 11) is 0. The largest absolute Gasteiger partial charge is 0.489 e. The summed E-state index contributed by atoms with van der Waals surface area (Å²) in [6, 6.07) is 14.2. The van der Waals surface area contributed by atoms with E-state index in [1.165, 1.54) is 5.56 Å². The second-order valence-corrected chi connectivity index (χ2v) is 14.8. The molecule has 0 amide bonds. The molecule has 4 rings (SSSR count). The first kappa shape index (κ1) is 36.3. The zero-order valence-corrected chi connectivity index (χ0v) is 30.0. The number of rotatable bonds is 14. The minimum Gasteiger partial charge on any atom is -0.489 e. The van der Waals surface area contributed by atoms with Gasteiger partial charge in [0.1, 0.15) is 5.75 Å². The molecule has 1 aliphatic rings.